The summed E-state index contributed by atoms with van der Waals surface area (Å²) < 4.78 is 0. The molecule has 2 amide bonds. The third-order valence-electron chi connectivity index (χ3n) is 6.81. The number of amides is 2. The van der Waals surface area contributed by atoms with Crippen LogP contribution in [-0.4, -0.2) is 34.6 Å². The second kappa shape index (κ2) is 6.69. The molecule has 0 atom stereocenters. The molecule has 4 saturated carbocycles. The van der Waals surface area contributed by atoms with Crippen molar-refractivity contribution in [1.29, 1.82) is 0 Å². The lowest BCUT2D eigenvalue weighted by molar-refractivity contribution is -0.133. The van der Waals surface area contributed by atoms with Crippen molar-refractivity contribution in [3.05, 3.63) is 41.3 Å². The Bertz CT molecular complexity index is 753. The van der Waals surface area contributed by atoms with Gasteiger partial charge in [0.05, 0.1) is 11.4 Å². The fraction of sp³-hybridized carbons (Fsp3) is 0.545. The van der Waals surface area contributed by atoms with Gasteiger partial charge in [-0.25, -0.2) is 0 Å². The van der Waals surface area contributed by atoms with E-state index in [1.165, 1.54) is 31.0 Å². The maximum absolute atomic E-state index is 13.0. The van der Waals surface area contributed by atoms with Crippen molar-refractivity contribution in [2.24, 2.45) is 17.8 Å². The van der Waals surface area contributed by atoms with E-state index in [4.69, 9.17) is 0 Å². The first-order chi connectivity index (χ1) is 13.1. The van der Waals surface area contributed by atoms with E-state index >= 15 is 0 Å². The summed E-state index contributed by atoms with van der Waals surface area (Å²) in [5, 5.41) is 5.41. The van der Waals surface area contributed by atoms with Crippen molar-refractivity contribution in [1.82, 2.24) is 10.2 Å². The Kier molecular flexibility index (Phi) is 4.30. The molecule has 4 aliphatic carbocycles. The molecule has 5 heteroatoms. The van der Waals surface area contributed by atoms with E-state index in [9.17, 15) is 9.59 Å². The predicted octanol–water partition coefficient (Wildman–Crippen LogP) is 3.65. The second-order valence-electron chi connectivity index (χ2n) is 8.91. The number of thioether (sulfide) groups is 1. The Balaban J connectivity index is 1.32. The van der Waals surface area contributed by atoms with Crippen molar-refractivity contribution in [3.63, 3.8) is 0 Å². The van der Waals surface area contributed by atoms with Gasteiger partial charge in [-0.3, -0.25) is 9.59 Å². The zero-order valence-corrected chi connectivity index (χ0v) is 16.3. The van der Waals surface area contributed by atoms with Gasteiger partial charge in [0.1, 0.15) is 6.54 Å². The number of hydrogen-bond acceptors (Lipinski definition) is 3. The molecule has 1 heterocycles. The van der Waals surface area contributed by atoms with Crippen LogP contribution in [0.4, 0.5) is 0 Å². The normalized spacial score (nSPS) is 34.5. The molecule has 6 rings (SSSR count). The highest BCUT2D eigenvalue weighted by molar-refractivity contribution is 8.03. The average Bonchev–Trinajstić information content (AvgIpc) is 2.62. The minimum Gasteiger partial charge on any atom is -0.349 e. The first-order valence-corrected chi connectivity index (χ1v) is 11.1. The van der Waals surface area contributed by atoms with Crippen LogP contribution >= 0.6 is 11.8 Å². The van der Waals surface area contributed by atoms with Gasteiger partial charge in [-0.2, -0.15) is 0 Å². The number of hydrogen-bond donors (Lipinski definition) is 1. The van der Waals surface area contributed by atoms with Gasteiger partial charge < -0.3 is 10.2 Å². The molecule has 27 heavy (non-hydrogen) atoms. The number of carbonyl (C=O) groups excluding carboxylic acids is 2. The van der Waals surface area contributed by atoms with E-state index in [2.05, 4.69) is 5.32 Å². The van der Waals surface area contributed by atoms with E-state index < -0.39 is 0 Å². The fourth-order valence-corrected chi connectivity index (χ4v) is 7.02. The molecule has 0 aromatic heterocycles. The lowest BCUT2D eigenvalue weighted by Crippen LogP contribution is -2.61. The van der Waals surface area contributed by atoms with Crippen LogP contribution in [-0.2, 0) is 9.59 Å². The van der Waals surface area contributed by atoms with Gasteiger partial charge in [0.2, 0.25) is 11.8 Å². The fourth-order valence-electron chi connectivity index (χ4n) is 6.22. The molecule has 0 unspecified atom stereocenters. The molecular weight excluding hydrogens is 356 g/mol. The van der Waals surface area contributed by atoms with E-state index in [1.54, 1.807) is 4.90 Å². The van der Waals surface area contributed by atoms with E-state index in [0.29, 0.717) is 5.75 Å². The highest BCUT2D eigenvalue weighted by Gasteiger charge is 2.51. The average molecular weight is 383 g/mol. The van der Waals surface area contributed by atoms with Crippen LogP contribution in [0.15, 0.2) is 35.7 Å². The molecule has 5 aliphatic rings. The van der Waals surface area contributed by atoms with Gasteiger partial charge in [0.15, 0.2) is 0 Å². The molecular formula is C22H26N2O2S. The SMILES string of the molecule is O=C(CN1C(=O)CSC=C1c1ccccc1)NC12CC3CC(CC(C3)C1)C2. The van der Waals surface area contributed by atoms with Crippen LogP contribution in [0, 0.1) is 17.8 Å². The minimum absolute atomic E-state index is 0.000897. The van der Waals surface area contributed by atoms with Crippen molar-refractivity contribution in [3.8, 4) is 0 Å². The van der Waals surface area contributed by atoms with Crippen molar-refractivity contribution in [2.45, 2.75) is 44.1 Å². The highest BCUT2D eigenvalue weighted by atomic mass is 32.2. The largest absolute Gasteiger partial charge is 0.349 e. The number of carbonyl (C=O) groups is 2. The summed E-state index contributed by atoms with van der Waals surface area (Å²) in [7, 11) is 0. The molecule has 0 radical (unpaired) electrons. The second-order valence-corrected chi connectivity index (χ2v) is 9.76. The number of nitrogens with one attached hydrogen (secondary N) is 1. The lowest BCUT2D eigenvalue weighted by Gasteiger charge is -2.57. The first kappa shape index (κ1) is 17.4. The van der Waals surface area contributed by atoms with Gasteiger partial charge in [-0.15, -0.1) is 11.8 Å². The lowest BCUT2D eigenvalue weighted by atomic mass is 9.53. The molecule has 0 saturated heterocycles. The van der Waals surface area contributed by atoms with Crippen LogP contribution in [0.1, 0.15) is 44.1 Å². The Hall–Kier alpha value is -1.75. The molecule has 1 N–H and O–H groups in total. The Morgan fingerprint density at radius 1 is 1.07 bits per heavy atom. The van der Waals surface area contributed by atoms with Crippen molar-refractivity contribution in [2.75, 3.05) is 12.3 Å². The maximum atomic E-state index is 13.0. The minimum atomic E-state index is -0.00393. The monoisotopic (exact) mass is 382 g/mol. The topological polar surface area (TPSA) is 49.4 Å². The van der Waals surface area contributed by atoms with Crippen LogP contribution in [0.25, 0.3) is 5.70 Å². The smallest absolute Gasteiger partial charge is 0.240 e. The maximum Gasteiger partial charge on any atom is 0.240 e. The van der Waals surface area contributed by atoms with Crippen molar-refractivity contribution < 1.29 is 9.59 Å². The first-order valence-electron chi connectivity index (χ1n) is 10.1. The Morgan fingerprint density at radius 2 is 1.70 bits per heavy atom. The molecule has 0 spiro atoms. The molecule has 4 nitrogen and oxygen atoms in total. The zero-order valence-electron chi connectivity index (χ0n) is 15.5. The quantitative estimate of drug-likeness (QED) is 0.865. The summed E-state index contributed by atoms with van der Waals surface area (Å²) in [4.78, 5) is 27.2. The van der Waals surface area contributed by atoms with Gasteiger partial charge in [-0.05, 0) is 67.3 Å². The number of nitrogens with zero attached hydrogens (tertiary/aromatic N) is 1. The van der Waals surface area contributed by atoms with Gasteiger partial charge in [0.25, 0.3) is 0 Å². The molecule has 1 aromatic rings. The zero-order chi connectivity index (χ0) is 18.4. The van der Waals surface area contributed by atoms with E-state index in [1.807, 2.05) is 35.7 Å². The molecule has 4 bridgehead atoms. The van der Waals surface area contributed by atoms with Crippen LogP contribution in [0.5, 0.6) is 0 Å². The molecule has 4 fully saturated rings. The van der Waals surface area contributed by atoms with Gasteiger partial charge in [0, 0.05) is 5.54 Å². The molecule has 1 aliphatic heterocycles. The number of benzene rings is 1. The third kappa shape index (κ3) is 3.31. The van der Waals surface area contributed by atoms with Crippen LogP contribution < -0.4 is 5.32 Å². The Labute approximate surface area is 164 Å². The number of rotatable bonds is 4. The van der Waals surface area contributed by atoms with Gasteiger partial charge >= 0.3 is 0 Å². The van der Waals surface area contributed by atoms with Crippen molar-refractivity contribution >= 4 is 29.3 Å². The van der Waals surface area contributed by atoms with Crippen LogP contribution in [0.3, 0.4) is 0 Å². The van der Waals surface area contributed by atoms with E-state index in [0.717, 1.165) is 48.3 Å². The van der Waals surface area contributed by atoms with Gasteiger partial charge in [-0.1, -0.05) is 30.3 Å². The predicted molar refractivity (Wildman–Crippen MR) is 108 cm³/mol. The summed E-state index contributed by atoms with van der Waals surface area (Å²) >= 11 is 1.51. The highest BCUT2D eigenvalue weighted by Crippen LogP contribution is 2.55. The molecule has 142 valence electrons. The molecule has 1 aromatic carbocycles. The van der Waals surface area contributed by atoms with Crippen LogP contribution in [0.2, 0.25) is 0 Å². The summed E-state index contributed by atoms with van der Waals surface area (Å²) in [6.45, 7) is 0.127. The summed E-state index contributed by atoms with van der Waals surface area (Å²) in [5.74, 6) is 2.81. The van der Waals surface area contributed by atoms with E-state index in [-0.39, 0.29) is 23.9 Å². The summed E-state index contributed by atoms with van der Waals surface area (Å²) in [5.41, 5.74) is 1.83. The third-order valence-corrected chi connectivity index (χ3v) is 7.61. The Morgan fingerprint density at radius 3 is 2.33 bits per heavy atom. The standard InChI is InChI=1S/C22H26N2O2S/c25-20(23-22-9-15-6-16(10-22)8-17(7-15)11-22)12-24-19(13-27-14-21(24)26)18-4-2-1-3-5-18/h1-5,13,15-17H,6-12,14H2,(H,23,25). The summed E-state index contributed by atoms with van der Waals surface area (Å²) in [6.07, 6.45) is 7.48. The summed E-state index contributed by atoms with van der Waals surface area (Å²) in [6, 6.07) is 9.89.